The molecule has 0 aliphatic rings. The van der Waals surface area contributed by atoms with Crippen LogP contribution in [0.5, 0.6) is 0 Å². The molecule has 1 N–H and O–H groups in total. The molecule has 2 aromatic rings. The van der Waals surface area contributed by atoms with Gasteiger partial charge in [-0.05, 0) is 19.1 Å². The van der Waals surface area contributed by atoms with E-state index in [1.165, 1.54) is 6.92 Å². The van der Waals surface area contributed by atoms with Gasteiger partial charge in [-0.3, -0.25) is 4.57 Å². The molecule has 0 aliphatic heterocycles. The predicted octanol–water partition coefficient (Wildman–Crippen LogP) is 2.48. The fourth-order valence-corrected chi connectivity index (χ4v) is 1.56. The van der Waals surface area contributed by atoms with Gasteiger partial charge in [-0.25, -0.2) is 4.98 Å². The maximum Gasteiger partial charge on any atom is 0.320 e. The van der Waals surface area contributed by atoms with Crippen LogP contribution in [0.25, 0.3) is 11.0 Å². The van der Waals surface area contributed by atoms with Crippen LogP contribution in [-0.4, -0.2) is 14.7 Å². The van der Waals surface area contributed by atoms with Crippen molar-refractivity contribution < 1.29 is 13.9 Å². The number of rotatable bonds is 2. The summed E-state index contributed by atoms with van der Waals surface area (Å²) < 4.78 is 26.3. The van der Waals surface area contributed by atoms with Crippen LogP contribution >= 0.6 is 0 Å². The number of nitrogens with zero attached hydrogens (tertiary/aromatic N) is 2. The van der Waals surface area contributed by atoms with Crippen molar-refractivity contribution in [3.8, 4) is 0 Å². The molecule has 0 amide bonds. The minimum Gasteiger partial charge on any atom is -0.385 e. The van der Waals surface area contributed by atoms with Gasteiger partial charge in [0.1, 0.15) is 11.9 Å². The molecule has 1 heterocycles. The highest BCUT2D eigenvalue weighted by Crippen LogP contribution is 2.26. The van der Waals surface area contributed by atoms with Crippen LogP contribution in [0.15, 0.2) is 24.3 Å². The Bertz CT molecular complexity index is 479. The van der Waals surface area contributed by atoms with Crippen molar-refractivity contribution in [2.45, 2.75) is 19.6 Å². The lowest BCUT2D eigenvalue weighted by Gasteiger charge is -2.08. The minimum atomic E-state index is -2.69. The van der Waals surface area contributed by atoms with Gasteiger partial charge in [0.15, 0.2) is 0 Å². The number of halogens is 2. The number of aromatic nitrogens is 2. The summed E-state index contributed by atoms with van der Waals surface area (Å²) in [4.78, 5) is 3.97. The Labute approximate surface area is 85.0 Å². The van der Waals surface area contributed by atoms with Crippen molar-refractivity contribution in [3.63, 3.8) is 0 Å². The Kier molecular flexibility index (Phi) is 2.40. The summed E-state index contributed by atoms with van der Waals surface area (Å²) in [5, 5.41) is 9.34. The molecular weight excluding hydrogens is 202 g/mol. The second-order valence-corrected chi connectivity index (χ2v) is 3.28. The lowest BCUT2D eigenvalue weighted by atomic mass is 10.3. The van der Waals surface area contributed by atoms with Crippen molar-refractivity contribution in [2.24, 2.45) is 0 Å². The largest absolute Gasteiger partial charge is 0.385 e. The van der Waals surface area contributed by atoms with Gasteiger partial charge in [0.25, 0.3) is 0 Å². The van der Waals surface area contributed by atoms with Gasteiger partial charge in [0.05, 0.1) is 11.0 Å². The lowest BCUT2D eigenvalue weighted by Crippen LogP contribution is -2.07. The predicted molar refractivity (Wildman–Crippen MR) is 51.6 cm³/mol. The molecule has 0 radical (unpaired) electrons. The molecule has 0 spiro atoms. The van der Waals surface area contributed by atoms with E-state index in [1.54, 1.807) is 24.3 Å². The van der Waals surface area contributed by atoms with Crippen LogP contribution in [-0.2, 0) is 0 Å². The smallest absolute Gasteiger partial charge is 0.320 e. The SMILES string of the molecule is C[C@H](O)c1nc2ccccc2n1C(F)F. The quantitative estimate of drug-likeness (QED) is 0.830. The van der Waals surface area contributed by atoms with Crippen LogP contribution in [0.2, 0.25) is 0 Å². The summed E-state index contributed by atoms with van der Waals surface area (Å²) in [6.45, 7) is -1.28. The number of aliphatic hydroxyl groups excluding tert-OH is 1. The first-order chi connectivity index (χ1) is 7.11. The lowest BCUT2D eigenvalue weighted by molar-refractivity contribution is 0.0606. The Morgan fingerprint density at radius 3 is 2.60 bits per heavy atom. The summed E-state index contributed by atoms with van der Waals surface area (Å²) in [6.07, 6.45) is -1.01. The topological polar surface area (TPSA) is 38.1 Å². The fourth-order valence-electron chi connectivity index (χ4n) is 1.56. The number of aliphatic hydroxyl groups is 1. The molecule has 0 saturated heterocycles. The van der Waals surface area contributed by atoms with Gasteiger partial charge in [-0.2, -0.15) is 8.78 Å². The summed E-state index contributed by atoms with van der Waals surface area (Å²) in [5.41, 5.74) is 0.803. The number of hydrogen-bond donors (Lipinski definition) is 1. The maximum atomic E-state index is 12.8. The summed E-state index contributed by atoms with van der Waals surface area (Å²) in [7, 11) is 0. The van der Waals surface area contributed by atoms with Gasteiger partial charge in [0, 0.05) is 0 Å². The average molecular weight is 212 g/mol. The third-order valence-corrected chi connectivity index (χ3v) is 2.19. The molecule has 80 valence electrons. The Balaban J connectivity index is 2.75. The van der Waals surface area contributed by atoms with Crippen molar-refractivity contribution >= 4 is 11.0 Å². The highest BCUT2D eigenvalue weighted by atomic mass is 19.3. The first-order valence-electron chi connectivity index (χ1n) is 4.54. The van der Waals surface area contributed by atoms with E-state index < -0.39 is 12.7 Å². The third-order valence-electron chi connectivity index (χ3n) is 2.19. The van der Waals surface area contributed by atoms with E-state index in [9.17, 15) is 13.9 Å². The van der Waals surface area contributed by atoms with Crippen molar-refractivity contribution in [3.05, 3.63) is 30.1 Å². The molecule has 5 heteroatoms. The molecule has 1 aromatic heterocycles. The molecule has 0 aliphatic carbocycles. The van der Waals surface area contributed by atoms with Crippen LogP contribution in [0, 0.1) is 0 Å². The van der Waals surface area contributed by atoms with Gasteiger partial charge in [-0.15, -0.1) is 0 Å². The molecule has 0 saturated carbocycles. The van der Waals surface area contributed by atoms with Crippen molar-refractivity contribution in [1.82, 2.24) is 9.55 Å². The zero-order valence-corrected chi connectivity index (χ0v) is 8.06. The molecule has 15 heavy (non-hydrogen) atoms. The van der Waals surface area contributed by atoms with E-state index in [2.05, 4.69) is 4.98 Å². The van der Waals surface area contributed by atoms with E-state index in [-0.39, 0.29) is 5.82 Å². The second kappa shape index (κ2) is 3.58. The number of imidazole rings is 1. The van der Waals surface area contributed by atoms with Crippen LogP contribution in [0.1, 0.15) is 25.4 Å². The third kappa shape index (κ3) is 1.59. The zero-order valence-electron chi connectivity index (χ0n) is 8.06. The molecule has 0 bridgehead atoms. The highest BCUT2D eigenvalue weighted by Gasteiger charge is 2.19. The standard InChI is InChI=1S/C10H10F2N2O/c1-6(15)9-13-7-4-2-3-5-8(7)14(9)10(11)12/h2-6,10,15H,1H3/t6-/m0/s1. The average Bonchev–Trinajstić information content (AvgIpc) is 2.56. The Hall–Kier alpha value is -1.49. The number of alkyl halides is 2. The van der Waals surface area contributed by atoms with Gasteiger partial charge >= 0.3 is 6.55 Å². The zero-order chi connectivity index (χ0) is 11.0. The van der Waals surface area contributed by atoms with Crippen LogP contribution in [0.4, 0.5) is 8.78 Å². The van der Waals surface area contributed by atoms with E-state index in [0.29, 0.717) is 11.0 Å². The molecule has 1 atom stereocenters. The van der Waals surface area contributed by atoms with Crippen molar-refractivity contribution in [1.29, 1.82) is 0 Å². The molecule has 0 fully saturated rings. The molecule has 2 rings (SSSR count). The van der Waals surface area contributed by atoms with Crippen LogP contribution < -0.4 is 0 Å². The number of hydrogen-bond acceptors (Lipinski definition) is 2. The highest BCUT2D eigenvalue weighted by molar-refractivity contribution is 5.76. The fraction of sp³-hybridized carbons (Fsp3) is 0.300. The molecule has 0 unspecified atom stereocenters. The van der Waals surface area contributed by atoms with E-state index in [0.717, 1.165) is 4.57 Å². The summed E-state index contributed by atoms with van der Waals surface area (Å²) in [6, 6.07) is 6.58. The van der Waals surface area contributed by atoms with Gasteiger partial charge in [-0.1, -0.05) is 12.1 Å². The number of fused-ring (bicyclic) bond motifs is 1. The second-order valence-electron chi connectivity index (χ2n) is 3.28. The summed E-state index contributed by atoms with van der Waals surface area (Å²) >= 11 is 0. The van der Waals surface area contributed by atoms with E-state index in [4.69, 9.17) is 0 Å². The maximum absolute atomic E-state index is 12.8. The normalized spacial score (nSPS) is 13.7. The molecule has 3 nitrogen and oxygen atoms in total. The van der Waals surface area contributed by atoms with Gasteiger partial charge in [0.2, 0.25) is 0 Å². The number of para-hydroxylation sites is 2. The minimum absolute atomic E-state index is 0.00815. The Morgan fingerprint density at radius 2 is 2.00 bits per heavy atom. The molecular formula is C10H10F2N2O. The van der Waals surface area contributed by atoms with Crippen molar-refractivity contribution in [2.75, 3.05) is 0 Å². The number of benzene rings is 1. The van der Waals surface area contributed by atoms with E-state index in [1.807, 2.05) is 0 Å². The first kappa shape index (κ1) is 10.0. The first-order valence-corrected chi connectivity index (χ1v) is 4.54. The molecule has 1 aromatic carbocycles. The summed E-state index contributed by atoms with van der Waals surface area (Å²) in [5.74, 6) is -0.00815. The Morgan fingerprint density at radius 1 is 1.33 bits per heavy atom. The van der Waals surface area contributed by atoms with Crippen LogP contribution in [0.3, 0.4) is 0 Å². The van der Waals surface area contributed by atoms with Gasteiger partial charge < -0.3 is 5.11 Å². The van der Waals surface area contributed by atoms with E-state index >= 15 is 0 Å². The monoisotopic (exact) mass is 212 g/mol.